The van der Waals surface area contributed by atoms with Crippen LogP contribution >= 0.6 is 0 Å². The van der Waals surface area contributed by atoms with Gasteiger partial charge in [-0.15, -0.1) is 0 Å². The molecule has 0 radical (unpaired) electrons. The van der Waals surface area contributed by atoms with Crippen molar-refractivity contribution in [3.8, 4) is 17.0 Å². The molecular weight excluding hydrogens is 284 g/mol. The summed E-state index contributed by atoms with van der Waals surface area (Å²) in [6, 6.07) is 9.08. The highest BCUT2D eigenvalue weighted by atomic mass is 16.5. The van der Waals surface area contributed by atoms with Crippen molar-refractivity contribution in [2.45, 2.75) is 6.92 Å². The monoisotopic (exact) mass is 298 g/mol. The topological polar surface area (TPSA) is 74.5 Å². The number of ether oxygens (including phenoxy) is 2. The van der Waals surface area contributed by atoms with Crippen molar-refractivity contribution in [1.82, 2.24) is 10.1 Å². The van der Waals surface area contributed by atoms with Crippen LogP contribution in [0.4, 0.5) is 0 Å². The fourth-order valence-electron chi connectivity index (χ4n) is 2.36. The fourth-order valence-corrected chi connectivity index (χ4v) is 2.36. The van der Waals surface area contributed by atoms with Crippen molar-refractivity contribution in [3.63, 3.8) is 0 Å². The predicted octanol–water partition coefficient (Wildman–Crippen LogP) is 2.99. The number of methoxy groups -OCH3 is 2. The molecule has 0 fully saturated rings. The van der Waals surface area contributed by atoms with Gasteiger partial charge in [-0.05, 0) is 25.1 Å². The van der Waals surface area contributed by atoms with Gasteiger partial charge in [0.05, 0.1) is 36.6 Å². The van der Waals surface area contributed by atoms with Gasteiger partial charge in [-0.1, -0.05) is 17.3 Å². The van der Waals surface area contributed by atoms with E-state index in [0.29, 0.717) is 33.8 Å². The third kappa shape index (κ3) is 2.18. The van der Waals surface area contributed by atoms with Crippen molar-refractivity contribution in [2.24, 2.45) is 0 Å². The van der Waals surface area contributed by atoms with E-state index in [-0.39, 0.29) is 0 Å². The Morgan fingerprint density at radius 1 is 1.23 bits per heavy atom. The summed E-state index contributed by atoms with van der Waals surface area (Å²) in [6.45, 7) is 1.75. The zero-order valence-corrected chi connectivity index (χ0v) is 12.4. The molecule has 2 aromatic heterocycles. The summed E-state index contributed by atoms with van der Waals surface area (Å²) in [5.74, 6) is 0.191. The average molecular weight is 298 g/mol. The SMILES string of the molecule is COC(=O)c1cc(-c2ccccc2OC)nc2onc(C)c12. The van der Waals surface area contributed by atoms with Crippen LogP contribution in [0.5, 0.6) is 5.75 Å². The third-order valence-electron chi connectivity index (χ3n) is 3.41. The Morgan fingerprint density at radius 3 is 2.73 bits per heavy atom. The van der Waals surface area contributed by atoms with E-state index in [2.05, 4.69) is 10.1 Å². The minimum absolute atomic E-state index is 0.293. The second kappa shape index (κ2) is 5.48. The van der Waals surface area contributed by atoms with E-state index in [1.165, 1.54) is 7.11 Å². The first-order valence-corrected chi connectivity index (χ1v) is 6.64. The Hall–Kier alpha value is -2.89. The molecule has 0 N–H and O–H groups in total. The number of carbonyl (C=O) groups is 1. The maximum atomic E-state index is 12.1. The molecule has 0 aliphatic heterocycles. The summed E-state index contributed by atoms with van der Waals surface area (Å²) >= 11 is 0. The smallest absolute Gasteiger partial charge is 0.338 e. The molecule has 0 aliphatic carbocycles. The number of carbonyl (C=O) groups excluding carboxylic acids is 1. The van der Waals surface area contributed by atoms with Gasteiger partial charge in [-0.2, -0.15) is 0 Å². The lowest BCUT2D eigenvalue weighted by molar-refractivity contribution is 0.0603. The van der Waals surface area contributed by atoms with Crippen LogP contribution in [0.2, 0.25) is 0 Å². The molecule has 0 amide bonds. The second-order valence-electron chi connectivity index (χ2n) is 4.70. The van der Waals surface area contributed by atoms with Crippen LogP contribution in [0.15, 0.2) is 34.9 Å². The predicted molar refractivity (Wildman–Crippen MR) is 79.9 cm³/mol. The Bertz CT molecular complexity index is 854. The lowest BCUT2D eigenvalue weighted by Gasteiger charge is -2.09. The summed E-state index contributed by atoms with van der Waals surface area (Å²) in [6.07, 6.45) is 0. The Kier molecular flexibility index (Phi) is 3.50. The normalized spacial score (nSPS) is 10.7. The van der Waals surface area contributed by atoms with Gasteiger partial charge in [0.15, 0.2) is 0 Å². The van der Waals surface area contributed by atoms with Gasteiger partial charge in [-0.25, -0.2) is 9.78 Å². The standard InChI is InChI=1S/C16H14N2O4/c1-9-14-11(16(19)21-3)8-12(17-15(14)22-18-9)10-6-4-5-7-13(10)20-2/h4-8H,1-3H3. The molecule has 3 aromatic rings. The molecule has 0 aliphatic rings. The molecule has 0 saturated carbocycles. The number of esters is 1. The van der Waals surface area contributed by atoms with Crippen LogP contribution in [-0.4, -0.2) is 30.3 Å². The summed E-state index contributed by atoms with van der Waals surface area (Å²) in [5.41, 5.74) is 2.57. The first kappa shape index (κ1) is 14.1. The third-order valence-corrected chi connectivity index (χ3v) is 3.41. The average Bonchev–Trinajstić information content (AvgIpc) is 2.94. The van der Waals surface area contributed by atoms with E-state index < -0.39 is 5.97 Å². The maximum Gasteiger partial charge on any atom is 0.338 e. The highest BCUT2D eigenvalue weighted by molar-refractivity contribution is 6.04. The van der Waals surface area contributed by atoms with E-state index in [1.807, 2.05) is 24.3 Å². The van der Waals surface area contributed by atoms with E-state index in [1.54, 1.807) is 20.1 Å². The van der Waals surface area contributed by atoms with E-state index in [9.17, 15) is 4.79 Å². The maximum absolute atomic E-state index is 12.1. The number of benzene rings is 1. The first-order valence-electron chi connectivity index (χ1n) is 6.64. The second-order valence-corrected chi connectivity index (χ2v) is 4.70. The number of pyridine rings is 1. The zero-order chi connectivity index (χ0) is 15.7. The summed E-state index contributed by atoms with van der Waals surface area (Å²) in [4.78, 5) is 16.5. The number of aryl methyl sites for hydroxylation is 1. The highest BCUT2D eigenvalue weighted by Gasteiger charge is 2.20. The molecule has 0 atom stereocenters. The Balaban J connectivity index is 2.30. The van der Waals surface area contributed by atoms with Crippen molar-refractivity contribution < 1.29 is 18.8 Å². The number of aromatic nitrogens is 2. The van der Waals surface area contributed by atoms with Crippen molar-refractivity contribution in [1.29, 1.82) is 0 Å². The van der Waals surface area contributed by atoms with Crippen LogP contribution in [0.1, 0.15) is 16.1 Å². The molecule has 3 rings (SSSR count). The molecule has 0 spiro atoms. The van der Waals surface area contributed by atoms with Gasteiger partial charge in [0.1, 0.15) is 5.75 Å². The molecule has 6 heteroatoms. The van der Waals surface area contributed by atoms with Crippen LogP contribution in [0, 0.1) is 6.92 Å². The van der Waals surface area contributed by atoms with Gasteiger partial charge in [0.25, 0.3) is 5.71 Å². The largest absolute Gasteiger partial charge is 0.496 e. The number of rotatable bonds is 3. The van der Waals surface area contributed by atoms with Gasteiger partial charge >= 0.3 is 5.97 Å². The van der Waals surface area contributed by atoms with Crippen LogP contribution in [0.25, 0.3) is 22.4 Å². The van der Waals surface area contributed by atoms with E-state index >= 15 is 0 Å². The van der Waals surface area contributed by atoms with Gasteiger partial charge < -0.3 is 14.0 Å². The van der Waals surface area contributed by atoms with Gasteiger partial charge in [-0.3, -0.25) is 0 Å². The van der Waals surface area contributed by atoms with Gasteiger partial charge in [0, 0.05) is 5.56 Å². The minimum atomic E-state index is -0.463. The Labute approximate surface area is 126 Å². The minimum Gasteiger partial charge on any atom is -0.496 e. The highest BCUT2D eigenvalue weighted by Crippen LogP contribution is 2.32. The summed E-state index contributed by atoms with van der Waals surface area (Å²) in [7, 11) is 2.91. The van der Waals surface area contributed by atoms with Crippen molar-refractivity contribution >= 4 is 17.1 Å². The van der Waals surface area contributed by atoms with Crippen molar-refractivity contribution in [2.75, 3.05) is 14.2 Å². The Morgan fingerprint density at radius 2 is 2.00 bits per heavy atom. The summed E-state index contributed by atoms with van der Waals surface area (Å²) < 4.78 is 15.4. The van der Waals surface area contributed by atoms with E-state index in [0.717, 1.165) is 5.56 Å². The zero-order valence-electron chi connectivity index (χ0n) is 12.4. The molecule has 22 heavy (non-hydrogen) atoms. The van der Waals surface area contributed by atoms with Crippen molar-refractivity contribution in [3.05, 3.63) is 41.6 Å². The fraction of sp³-hybridized carbons (Fsp3) is 0.188. The molecule has 2 heterocycles. The van der Waals surface area contributed by atoms with Crippen LogP contribution in [-0.2, 0) is 4.74 Å². The molecule has 6 nitrogen and oxygen atoms in total. The number of hydrogen-bond acceptors (Lipinski definition) is 6. The van der Waals surface area contributed by atoms with Gasteiger partial charge in [0.2, 0.25) is 0 Å². The lowest BCUT2D eigenvalue weighted by atomic mass is 10.1. The molecule has 0 saturated heterocycles. The quantitative estimate of drug-likeness (QED) is 0.692. The number of fused-ring (bicyclic) bond motifs is 1. The van der Waals surface area contributed by atoms with E-state index in [4.69, 9.17) is 14.0 Å². The molecule has 112 valence electrons. The summed E-state index contributed by atoms with van der Waals surface area (Å²) in [5, 5.41) is 4.43. The number of hydrogen-bond donors (Lipinski definition) is 0. The molecule has 0 bridgehead atoms. The van der Waals surface area contributed by atoms with Crippen LogP contribution in [0.3, 0.4) is 0 Å². The van der Waals surface area contributed by atoms with Crippen LogP contribution < -0.4 is 4.74 Å². The number of para-hydroxylation sites is 1. The molecule has 1 aromatic carbocycles. The lowest BCUT2D eigenvalue weighted by Crippen LogP contribution is -2.04. The molecule has 0 unspecified atom stereocenters. The number of nitrogens with zero attached hydrogens (tertiary/aromatic N) is 2. The molecular formula is C16H14N2O4. The first-order chi connectivity index (χ1) is 10.7.